The molecule has 3 heterocycles. The van der Waals surface area contributed by atoms with Crippen LogP contribution < -0.4 is 9.30 Å². The molecular weight excluding hydrogens is 865 g/mol. The van der Waals surface area contributed by atoms with Crippen molar-refractivity contribution in [3.63, 3.8) is 0 Å². The smallest absolute Gasteiger partial charge is 0.269 e. The van der Waals surface area contributed by atoms with Crippen molar-refractivity contribution in [2.75, 3.05) is 0 Å². The number of hydrogen-bond donors (Lipinski definition) is 0. The molecule has 0 aliphatic carbocycles. The van der Waals surface area contributed by atoms with Crippen LogP contribution in [0.3, 0.4) is 0 Å². The molecule has 0 bridgehead atoms. The number of para-hydroxylation sites is 1. The van der Waals surface area contributed by atoms with E-state index in [4.69, 9.17) is 23.4 Å². The molecule has 0 saturated heterocycles. The molecule has 0 aliphatic heterocycles. The van der Waals surface area contributed by atoms with Crippen molar-refractivity contribution >= 4 is 32.8 Å². The first-order valence-corrected chi connectivity index (χ1v) is 24.0. The molecule has 350 valence electrons. The highest BCUT2D eigenvalue weighted by atomic mass is 16.5. The summed E-state index contributed by atoms with van der Waals surface area (Å²) in [5.74, 6) is 1.90. The zero-order chi connectivity index (χ0) is 57.9. The minimum atomic E-state index is -0.635. The molecule has 0 aliphatic rings. The molecule has 0 amide bonds. The van der Waals surface area contributed by atoms with E-state index in [1.807, 2.05) is 100 Å². The van der Waals surface area contributed by atoms with Gasteiger partial charge in [-0.2, -0.15) is 0 Å². The molecule has 0 fully saturated rings. The van der Waals surface area contributed by atoms with Crippen LogP contribution in [-0.2, 0) is 16.2 Å². The minimum Gasteiger partial charge on any atom is -0.458 e. The van der Waals surface area contributed by atoms with Gasteiger partial charge in [0.15, 0.2) is 0 Å². The molecule has 0 atom stereocenters. The Labute approximate surface area is 432 Å². The largest absolute Gasteiger partial charge is 0.458 e. The second-order valence-corrected chi connectivity index (χ2v) is 21.3. The van der Waals surface area contributed by atoms with Gasteiger partial charge in [-0.3, -0.25) is 13.7 Å². The highest BCUT2D eigenvalue weighted by molar-refractivity contribution is 6.09. The van der Waals surface area contributed by atoms with Crippen molar-refractivity contribution in [2.45, 2.75) is 78.6 Å². The van der Waals surface area contributed by atoms with Crippen LogP contribution in [0.1, 0.15) is 92.7 Å². The number of hydrogen-bond acceptors (Lipinski definition) is 2. The van der Waals surface area contributed by atoms with E-state index in [0.29, 0.717) is 50.6 Å². The van der Waals surface area contributed by atoms with Gasteiger partial charge in [0.1, 0.15) is 17.3 Å². The fraction of sp³-hybridized carbons (Fsp3) is 0.182. The minimum absolute atomic E-state index is 0.0467. The summed E-state index contributed by atoms with van der Waals surface area (Å²) in [6, 6.07) is 39.6. The average Bonchev–Trinajstić information content (AvgIpc) is 4.25. The average molecular weight is 935 g/mol. The molecule has 11 aromatic rings. The summed E-state index contributed by atoms with van der Waals surface area (Å²) >= 11 is 0. The Bertz CT molecular complexity index is 4350. The van der Waals surface area contributed by atoms with E-state index < -0.39 is 41.7 Å². The maximum atomic E-state index is 9.13. The van der Waals surface area contributed by atoms with E-state index in [0.717, 1.165) is 49.9 Å². The van der Waals surface area contributed by atoms with Crippen LogP contribution in [-0.4, -0.2) is 14.1 Å². The summed E-state index contributed by atoms with van der Waals surface area (Å²) in [7, 11) is 0. The zero-order valence-corrected chi connectivity index (χ0v) is 41.5. The molecule has 8 aromatic carbocycles. The molecule has 0 radical (unpaired) electrons. The molecule has 0 spiro atoms. The number of ether oxygens (including phenoxy) is 1. The van der Waals surface area contributed by atoms with Gasteiger partial charge in [0.05, 0.1) is 47.1 Å². The van der Waals surface area contributed by atoms with Crippen LogP contribution in [0.25, 0.3) is 83.4 Å². The Balaban J connectivity index is 1.16. The van der Waals surface area contributed by atoms with Crippen molar-refractivity contribution < 1.29 is 23.0 Å². The van der Waals surface area contributed by atoms with Crippen molar-refractivity contribution in [3.8, 4) is 62.1 Å². The summed E-state index contributed by atoms with van der Waals surface area (Å²) < 4.78 is 100. The maximum absolute atomic E-state index is 9.13. The van der Waals surface area contributed by atoms with Crippen LogP contribution in [0.15, 0.2) is 200 Å². The van der Waals surface area contributed by atoms with Crippen molar-refractivity contribution in [1.82, 2.24) is 14.1 Å². The van der Waals surface area contributed by atoms with Crippen molar-refractivity contribution in [2.24, 2.45) is 0 Å². The standard InChI is InChI=1S/C66H60N4O/c1-64(2,3)49-25-18-24-47(36-49)56-37-48(45-22-14-11-15-23-45)38-57(66(7,8)9)63(56)69-43-68(61-39-46(30-33-59(61)69)44-20-12-10-13-21-44)51-26-19-27-52(41-51)71-53-31-32-55-54-28-16-17-29-58(54)70(60(55)42-53)62-40-50(34-35-67-62)65(4,5)6/h10-42H,1-9H3/i10D,11D,12D,13D,14D,15D,20D,21D,22D,23D. The van der Waals surface area contributed by atoms with Crippen LogP contribution in [0.5, 0.6) is 11.5 Å². The van der Waals surface area contributed by atoms with Crippen molar-refractivity contribution in [3.05, 3.63) is 223 Å². The summed E-state index contributed by atoms with van der Waals surface area (Å²) in [6.07, 6.45) is 5.58. The monoisotopic (exact) mass is 935 g/mol. The Morgan fingerprint density at radius 3 is 1.92 bits per heavy atom. The summed E-state index contributed by atoms with van der Waals surface area (Å²) in [4.78, 5) is 4.87. The fourth-order valence-corrected chi connectivity index (χ4v) is 9.47. The number of aromatic nitrogens is 4. The van der Waals surface area contributed by atoms with Gasteiger partial charge in [0.25, 0.3) is 6.33 Å². The number of pyridine rings is 1. The van der Waals surface area contributed by atoms with Crippen molar-refractivity contribution in [1.29, 1.82) is 0 Å². The first-order valence-electron chi connectivity index (χ1n) is 29.0. The molecule has 5 heteroatoms. The van der Waals surface area contributed by atoms with Gasteiger partial charge in [-0.05, 0) is 127 Å². The molecule has 0 N–H and O–H groups in total. The lowest BCUT2D eigenvalue weighted by molar-refractivity contribution is -0.572. The molecule has 0 saturated carbocycles. The maximum Gasteiger partial charge on any atom is 0.269 e. The lowest BCUT2D eigenvalue weighted by Gasteiger charge is -2.28. The third-order valence-electron chi connectivity index (χ3n) is 13.2. The molecule has 5 nitrogen and oxygen atoms in total. The highest BCUT2D eigenvalue weighted by Gasteiger charge is 2.28. The predicted molar refractivity (Wildman–Crippen MR) is 295 cm³/mol. The van der Waals surface area contributed by atoms with E-state index in [1.54, 1.807) is 6.07 Å². The Morgan fingerprint density at radius 2 is 1.18 bits per heavy atom. The number of rotatable bonds is 8. The molecule has 71 heavy (non-hydrogen) atoms. The number of fused-ring (bicyclic) bond motifs is 4. The highest BCUT2D eigenvalue weighted by Crippen LogP contribution is 2.41. The number of benzene rings is 8. The first-order chi connectivity index (χ1) is 38.2. The van der Waals surface area contributed by atoms with Gasteiger partial charge in [0.2, 0.25) is 0 Å². The van der Waals surface area contributed by atoms with Gasteiger partial charge in [-0.25, -0.2) is 4.98 Å². The first kappa shape index (κ1) is 35.1. The lowest BCUT2D eigenvalue weighted by atomic mass is 9.80. The molecule has 0 unspecified atom stereocenters. The van der Waals surface area contributed by atoms with Crippen LogP contribution in [0.4, 0.5) is 0 Å². The SMILES string of the molecule is [2H]c1c([2H])c([2H])c(-c2cc(-c3cccc(C(C)(C)C)c3)c(-[n+]3[c-]n(-c4cccc(Oc5ccc6c7ccccc7n(-c7cc(C(C)(C)C)ccn7)c6c5)c4)c4cc(-c5c([2H])c([2H])c([2H])c([2H])c5[2H])ccc43)c(C(C)(C)C)c2)c([2H])c1[2H]. The quantitative estimate of drug-likeness (QED) is 0.112. The lowest BCUT2D eigenvalue weighted by Crippen LogP contribution is -2.35. The Hall–Kier alpha value is -8.02. The molecular formula is C66H60N4O. The van der Waals surface area contributed by atoms with E-state index >= 15 is 0 Å². The summed E-state index contributed by atoms with van der Waals surface area (Å²) in [5.41, 5.74) is 9.00. The molecule has 11 rings (SSSR count). The van der Waals surface area contributed by atoms with Gasteiger partial charge < -0.3 is 4.74 Å². The Morgan fingerprint density at radius 1 is 0.507 bits per heavy atom. The third kappa shape index (κ3) is 8.60. The van der Waals surface area contributed by atoms with E-state index in [9.17, 15) is 0 Å². The molecule has 3 aromatic heterocycles. The number of imidazole rings is 1. The van der Waals surface area contributed by atoms with E-state index in [2.05, 4.69) is 116 Å². The normalized spacial score (nSPS) is 14.3. The van der Waals surface area contributed by atoms with E-state index in [1.165, 1.54) is 0 Å². The van der Waals surface area contributed by atoms with Crippen LogP contribution >= 0.6 is 0 Å². The summed E-state index contributed by atoms with van der Waals surface area (Å²) in [5, 5.41) is 2.13. The van der Waals surface area contributed by atoms with Gasteiger partial charge >= 0.3 is 0 Å². The number of nitrogens with zero attached hydrogens (tertiary/aromatic N) is 4. The van der Waals surface area contributed by atoms with E-state index in [-0.39, 0.29) is 46.1 Å². The predicted octanol–water partition coefficient (Wildman–Crippen LogP) is 16.9. The summed E-state index contributed by atoms with van der Waals surface area (Å²) in [6.45, 7) is 19.2. The van der Waals surface area contributed by atoms with Gasteiger partial charge in [0, 0.05) is 23.0 Å². The van der Waals surface area contributed by atoms with Gasteiger partial charge in [-0.15, -0.1) is 0 Å². The second kappa shape index (κ2) is 17.4. The van der Waals surface area contributed by atoms with Gasteiger partial charge in [-0.1, -0.05) is 189 Å². The van der Waals surface area contributed by atoms with Crippen LogP contribution in [0.2, 0.25) is 0 Å². The zero-order valence-electron chi connectivity index (χ0n) is 51.5. The van der Waals surface area contributed by atoms with Crippen LogP contribution in [0, 0.1) is 6.33 Å². The fourth-order valence-electron chi connectivity index (χ4n) is 9.47. The second-order valence-electron chi connectivity index (χ2n) is 21.3. The Kier molecular flexibility index (Phi) is 8.63. The topological polar surface area (TPSA) is 35.9 Å². The third-order valence-corrected chi connectivity index (χ3v) is 13.2.